The Balaban J connectivity index is 2.11. The fraction of sp³-hybridized carbons (Fsp3) is 0.235. The number of hydrogen-bond acceptors (Lipinski definition) is 3. The monoisotopic (exact) mass is 263 g/mol. The van der Waals surface area contributed by atoms with Crippen molar-refractivity contribution in [3.63, 3.8) is 0 Å². The Morgan fingerprint density at radius 1 is 1.10 bits per heavy atom. The maximum atomic E-state index is 9.10. The minimum atomic E-state index is 0.696. The van der Waals surface area contributed by atoms with Crippen molar-refractivity contribution >= 4 is 17.1 Å². The second-order valence-electron chi connectivity index (χ2n) is 5.21. The summed E-state index contributed by atoms with van der Waals surface area (Å²) in [5.74, 6) is 0. The van der Waals surface area contributed by atoms with Crippen molar-refractivity contribution in [3.05, 3.63) is 53.1 Å². The number of aryl methyl sites for hydroxylation is 2. The molecule has 0 spiro atoms. The lowest BCUT2D eigenvalue weighted by atomic mass is 10.1. The Kier molecular flexibility index (Phi) is 3.08. The van der Waals surface area contributed by atoms with Gasteiger partial charge in [-0.3, -0.25) is 0 Å². The summed E-state index contributed by atoms with van der Waals surface area (Å²) < 4.78 is 0. The van der Waals surface area contributed by atoms with Crippen LogP contribution in [0, 0.1) is 25.2 Å². The number of nitriles is 1. The summed E-state index contributed by atoms with van der Waals surface area (Å²) in [5, 5.41) is 12.5. The standard InChI is InChI=1S/C17H17N3/c1-12-3-6-16(13(2)9-12)20-8-7-19-15-5-4-14(11-18)10-17(15)20/h3-6,9-10,19H,7-8H2,1-2H3. The first-order chi connectivity index (χ1) is 9.69. The first-order valence-electron chi connectivity index (χ1n) is 6.82. The van der Waals surface area contributed by atoms with Crippen LogP contribution >= 0.6 is 0 Å². The molecule has 0 saturated heterocycles. The van der Waals surface area contributed by atoms with Gasteiger partial charge in [0, 0.05) is 18.8 Å². The van der Waals surface area contributed by atoms with E-state index in [1.165, 1.54) is 16.8 Å². The highest BCUT2D eigenvalue weighted by atomic mass is 15.2. The zero-order chi connectivity index (χ0) is 14.1. The molecule has 2 aromatic rings. The third-order valence-electron chi connectivity index (χ3n) is 3.71. The summed E-state index contributed by atoms with van der Waals surface area (Å²) in [4.78, 5) is 2.29. The number of hydrogen-bond donors (Lipinski definition) is 1. The summed E-state index contributed by atoms with van der Waals surface area (Å²) in [7, 11) is 0. The zero-order valence-electron chi connectivity index (χ0n) is 11.8. The van der Waals surface area contributed by atoms with Crippen molar-refractivity contribution in [3.8, 4) is 6.07 Å². The summed E-state index contributed by atoms with van der Waals surface area (Å²) in [5.41, 5.74) is 6.63. The molecular weight excluding hydrogens is 246 g/mol. The van der Waals surface area contributed by atoms with Gasteiger partial charge in [-0.25, -0.2) is 0 Å². The molecule has 3 rings (SSSR count). The van der Waals surface area contributed by atoms with Crippen LogP contribution in [0.2, 0.25) is 0 Å². The van der Waals surface area contributed by atoms with Gasteiger partial charge in [0.25, 0.3) is 0 Å². The fourth-order valence-corrected chi connectivity index (χ4v) is 2.76. The minimum absolute atomic E-state index is 0.696. The van der Waals surface area contributed by atoms with E-state index in [2.05, 4.69) is 48.3 Å². The van der Waals surface area contributed by atoms with E-state index in [1.807, 2.05) is 18.2 Å². The summed E-state index contributed by atoms with van der Waals surface area (Å²) >= 11 is 0. The van der Waals surface area contributed by atoms with Gasteiger partial charge in [-0.05, 0) is 43.7 Å². The van der Waals surface area contributed by atoms with E-state index in [9.17, 15) is 0 Å². The topological polar surface area (TPSA) is 39.1 Å². The largest absolute Gasteiger partial charge is 0.382 e. The maximum Gasteiger partial charge on any atom is 0.0992 e. The van der Waals surface area contributed by atoms with Gasteiger partial charge in [0.2, 0.25) is 0 Å². The van der Waals surface area contributed by atoms with E-state index in [-0.39, 0.29) is 0 Å². The van der Waals surface area contributed by atoms with Gasteiger partial charge < -0.3 is 10.2 Å². The Labute approximate surface area is 119 Å². The Hall–Kier alpha value is -2.47. The first kappa shape index (κ1) is 12.6. The molecule has 20 heavy (non-hydrogen) atoms. The van der Waals surface area contributed by atoms with E-state index in [0.29, 0.717) is 5.56 Å². The second kappa shape index (κ2) is 4.90. The van der Waals surface area contributed by atoms with Crippen LogP contribution in [0.15, 0.2) is 36.4 Å². The maximum absolute atomic E-state index is 9.10. The highest BCUT2D eigenvalue weighted by molar-refractivity contribution is 5.80. The van der Waals surface area contributed by atoms with E-state index in [0.717, 1.165) is 24.5 Å². The molecule has 0 amide bonds. The second-order valence-corrected chi connectivity index (χ2v) is 5.21. The minimum Gasteiger partial charge on any atom is -0.382 e. The van der Waals surface area contributed by atoms with Crippen LogP contribution < -0.4 is 10.2 Å². The van der Waals surface area contributed by atoms with Crippen molar-refractivity contribution in [1.29, 1.82) is 5.26 Å². The number of nitrogens with one attached hydrogen (secondary N) is 1. The Bertz CT molecular complexity index is 698. The highest BCUT2D eigenvalue weighted by Crippen LogP contribution is 2.36. The van der Waals surface area contributed by atoms with Gasteiger partial charge in [0.1, 0.15) is 0 Å². The normalized spacial score (nSPS) is 13.3. The highest BCUT2D eigenvalue weighted by Gasteiger charge is 2.19. The van der Waals surface area contributed by atoms with Crippen molar-refractivity contribution in [1.82, 2.24) is 0 Å². The Morgan fingerprint density at radius 3 is 2.70 bits per heavy atom. The van der Waals surface area contributed by atoms with Gasteiger partial charge in [0.05, 0.1) is 23.0 Å². The van der Waals surface area contributed by atoms with Gasteiger partial charge in [-0.15, -0.1) is 0 Å². The molecule has 1 aliphatic heterocycles. The van der Waals surface area contributed by atoms with Crippen molar-refractivity contribution < 1.29 is 0 Å². The molecule has 1 aliphatic rings. The molecule has 0 bridgehead atoms. The van der Waals surface area contributed by atoms with Crippen LogP contribution in [-0.2, 0) is 0 Å². The third-order valence-corrected chi connectivity index (χ3v) is 3.71. The van der Waals surface area contributed by atoms with Gasteiger partial charge in [-0.1, -0.05) is 17.7 Å². The SMILES string of the molecule is Cc1ccc(N2CCNc3ccc(C#N)cc32)c(C)c1. The molecule has 0 radical (unpaired) electrons. The van der Waals surface area contributed by atoms with Crippen LogP contribution in [0.1, 0.15) is 16.7 Å². The molecule has 3 heteroatoms. The first-order valence-corrected chi connectivity index (χ1v) is 6.82. The molecule has 0 saturated carbocycles. The van der Waals surface area contributed by atoms with E-state index in [4.69, 9.17) is 5.26 Å². The lowest BCUT2D eigenvalue weighted by molar-refractivity contribution is 0.921. The van der Waals surface area contributed by atoms with Gasteiger partial charge >= 0.3 is 0 Å². The zero-order valence-corrected chi connectivity index (χ0v) is 11.8. The molecule has 1 heterocycles. The molecular formula is C17H17N3. The molecule has 3 nitrogen and oxygen atoms in total. The lowest BCUT2D eigenvalue weighted by Crippen LogP contribution is -2.30. The summed E-state index contributed by atoms with van der Waals surface area (Å²) in [6, 6.07) is 14.5. The third kappa shape index (κ3) is 2.10. The number of benzene rings is 2. The van der Waals surface area contributed by atoms with Crippen LogP contribution in [0.4, 0.5) is 17.1 Å². The van der Waals surface area contributed by atoms with Crippen LogP contribution in [0.3, 0.4) is 0 Å². The predicted octanol–water partition coefficient (Wildman–Crippen LogP) is 3.74. The average molecular weight is 263 g/mol. The molecule has 0 atom stereocenters. The van der Waals surface area contributed by atoms with Crippen molar-refractivity contribution in [2.75, 3.05) is 23.3 Å². The number of nitrogens with zero attached hydrogens (tertiary/aromatic N) is 2. The molecule has 0 aromatic heterocycles. The van der Waals surface area contributed by atoms with Gasteiger partial charge in [-0.2, -0.15) is 5.26 Å². The molecule has 1 N–H and O–H groups in total. The van der Waals surface area contributed by atoms with Crippen LogP contribution in [-0.4, -0.2) is 13.1 Å². The summed E-state index contributed by atoms with van der Waals surface area (Å²) in [6.45, 7) is 6.06. The van der Waals surface area contributed by atoms with E-state index in [1.54, 1.807) is 0 Å². The molecule has 2 aromatic carbocycles. The molecule has 0 unspecified atom stereocenters. The fourth-order valence-electron chi connectivity index (χ4n) is 2.76. The van der Waals surface area contributed by atoms with Crippen molar-refractivity contribution in [2.24, 2.45) is 0 Å². The van der Waals surface area contributed by atoms with Crippen LogP contribution in [0.5, 0.6) is 0 Å². The average Bonchev–Trinajstić information content (AvgIpc) is 2.46. The van der Waals surface area contributed by atoms with Crippen LogP contribution in [0.25, 0.3) is 0 Å². The molecule has 100 valence electrons. The van der Waals surface area contributed by atoms with E-state index >= 15 is 0 Å². The van der Waals surface area contributed by atoms with Gasteiger partial charge in [0.15, 0.2) is 0 Å². The van der Waals surface area contributed by atoms with Crippen molar-refractivity contribution in [2.45, 2.75) is 13.8 Å². The van der Waals surface area contributed by atoms with E-state index < -0.39 is 0 Å². The Morgan fingerprint density at radius 2 is 1.95 bits per heavy atom. The lowest BCUT2D eigenvalue weighted by Gasteiger charge is -2.33. The number of anilines is 3. The summed E-state index contributed by atoms with van der Waals surface area (Å²) in [6.07, 6.45) is 0. The predicted molar refractivity (Wildman–Crippen MR) is 82.6 cm³/mol. The number of rotatable bonds is 1. The quantitative estimate of drug-likeness (QED) is 0.852. The number of fused-ring (bicyclic) bond motifs is 1. The smallest absolute Gasteiger partial charge is 0.0992 e. The molecule has 0 aliphatic carbocycles. The molecule has 0 fully saturated rings.